The lowest BCUT2D eigenvalue weighted by atomic mass is 9.94. The molecule has 2 atom stereocenters. The number of para-hydroxylation sites is 2. The molecule has 0 aliphatic carbocycles. The fourth-order valence-corrected chi connectivity index (χ4v) is 5.20. The van der Waals surface area contributed by atoms with E-state index in [0.29, 0.717) is 49.8 Å². The third kappa shape index (κ3) is 3.71. The number of fused-ring (bicyclic) bond motifs is 1. The first-order valence-electron chi connectivity index (χ1n) is 10.9. The van der Waals surface area contributed by atoms with Crippen molar-refractivity contribution >= 4 is 40.6 Å². The Balaban J connectivity index is 1.33. The Bertz CT molecular complexity index is 1120. The lowest BCUT2D eigenvalue weighted by Gasteiger charge is -2.36. The van der Waals surface area contributed by atoms with Gasteiger partial charge in [0, 0.05) is 24.0 Å². The summed E-state index contributed by atoms with van der Waals surface area (Å²) in [5.41, 5.74) is 2.37. The molecule has 0 radical (unpaired) electrons. The minimum atomic E-state index is -0.961. The Labute approximate surface area is 190 Å². The zero-order valence-electron chi connectivity index (χ0n) is 17.5. The molecular formula is C24H24ClN3O4. The van der Waals surface area contributed by atoms with Crippen molar-refractivity contribution in [2.45, 2.75) is 37.8 Å². The van der Waals surface area contributed by atoms with Gasteiger partial charge >= 0.3 is 5.97 Å². The maximum absolute atomic E-state index is 13.6. The normalized spacial score (nSPS) is 21.9. The van der Waals surface area contributed by atoms with Crippen LogP contribution < -0.4 is 4.90 Å². The highest BCUT2D eigenvalue weighted by atomic mass is 35.5. The number of aromatic nitrogens is 1. The highest BCUT2D eigenvalue weighted by Gasteiger charge is 2.44. The van der Waals surface area contributed by atoms with E-state index in [1.54, 1.807) is 11.0 Å². The van der Waals surface area contributed by atoms with Crippen LogP contribution in [0.25, 0.3) is 11.1 Å². The maximum Gasteiger partial charge on any atom is 0.326 e. The summed E-state index contributed by atoms with van der Waals surface area (Å²) in [7, 11) is 0. The second kappa shape index (κ2) is 8.47. The molecule has 2 fully saturated rings. The molecule has 32 heavy (non-hydrogen) atoms. The van der Waals surface area contributed by atoms with Crippen molar-refractivity contribution in [3.63, 3.8) is 0 Å². The van der Waals surface area contributed by atoms with Gasteiger partial charge in [-0.2, -0.15) is 4.98 Å². The number of amides is 1. The molecule has 1 N–H and O–H groups in total. The summed E-state index contributed by atoms with van der Waals surface area (Å²) < 4.78 is 5.87. The molecule has 0 spiro atoms. The van der Waals surface area contributed by atoms with Crippen LogP contribution in [-0.2, 0) is 9.59 Å². The van der Waals surface area contributed by atoms with Crippen molar-refractivity contribution in [1.82, 2.24) is 9.88 Å². The van der Waals surface area contributed by atoms with E-state index in [2.05, 4.69) is 4.98 Å². The van der Waals surface area contributed by atoms with Crippen LogP contribution in [0.5, 0.6) is 0 Å². The van der Waals surface area contributed by atoms with Gasteiger partial charge in [-0.15, -0.1) is 0 Å². The highest BCUT2D eigenvalue weighted by molar-refractivity contribution is 6.31. The quantitative estimate of drug-likeness (QED) is 0.625. The van der Waals surface area contributed by atoms with Crippen LogP contribution in [0.2, 0.25) is 5.02 Å². The summed E-state index contributed by atoms with van der Waals surface area (Å²) in [6.45, 7) is 1.26. The summed E-state index contributed by atoms with van der Waals surface area (Å²) in [6, 6.07) is 14.4. The Hall–Kier alpha value is -3.06. The number of carbonyl (C=O) groups is 2. The third-order valence-corrected chi connectivity index (χ3v) is 6.93. The Morgan fingerprint density at radius 1 is 1.00 bits per heavy atom. The molecule has 2 aliphatic rings. The molecule has 0 bridgehead atoms. The van der Waals surface area contributed by atoms with Crippen LogP contribution >= 0.6 is 11.6 Å². The maximum atomic E-state index is 13.6. The second-order valence-corrected chi connectivity index (χ2v) is 8.85. The van der Waals surface area contributed by atoms with Crippen molar-refractivity contribution in [2.24, 2.45) is 5.92 Å². The Kier molecular flexibility index (Phi) is 5.51. The van der Waals surface area contributed by atoms with Crippen LogP contribution in [0.1, 0.15) is 37.3 Å². The lowest BCUT2D eigenvalue weighted by Crippen LogP contribution is -2.47. The number of carboxylic acids is 1. The van der Waals surface area contributed by atoms with E-state index in [1.165, 1.54) is 0 Å². The lowest BCUT2D eigenvalue weighted by molar-refractivity contribution is -0.152. The summed E-state index contributed by atoms with van der Waals surface area (Å²) >= 11 is 6.40. The van der Waals surface area contributed by atoms with E-state index < -0.39 is 12.0 Å². The van der Waals surface area contributed by atoms with Crippen molar-refractivity contribution in [2.75, 3.05) is 18.0 Å². The number of hydrogen-bond acceptors (Lipinski definition) is 5. The van der Waals surface area contributed by atoms with Gasteiger partial charge in [0.2, 0.25) is 5.91 Å². The van der Waals surface area contributed by atoms with Crippen molar-refractivity contribution in [3.05, 3.63) is 59.1 Å². The summed E-state index contributed by atoms with van der Waals surface area (Å²) in [5.74, 6) is -1.30. The van der Waals surface area contributed by atoms with Gasteiger partial charge in [-0.05, 0) is 49.4 Å². The number of benzene rings is 2. The van der Waals surface area contributed by atoms with Gasteiger partial charge in [-0.25, -0.2) is 4.79 Å². The zero-order valence-corrected chi connectivity index (χ0v) is 18.2. The molecule has 2 saturated heterocycles. The number of aliphatic carboxylic acids is 1. The van der Waals surface area contributed by atoms with E-state index in [-0.39, 0.29) is 17.9 Å². The minimum absolute atomic E-state index is 0.1000. The minimum Gasteiger partial charge on any atom is -0.480 e. The van der Waals surface area contributed by atoms with Crippen molar-refractivity contribution in [1.29, 1.82) is 0 Å². The molecule has 5 rings (SSSR count). The number of halogens is 1. The summed E-state index contributed by atoms with van der Waals surface area (Å²) in [4.78, 5) is 33.7. The van der Waals surface area contributed by atoms with E-state index >= 15 is 0 Å². The van der Waals surface area contributed by atoms with Crippen LogP contribution in [0.4, 0.5) is 6.01 Å². The fourth-order valence-electron chi connectivity index (χ4n) is 4.94. The fraction of sp³-hybridized carbons (Fsp3) is 0.375. The van der Waals surface area contributed by atoms with Gasteiger partial charge < -0.3 is 19.3 Å². The number of anilines is 1. The van der Waals surface area contributed by atoms with Gasteiger partial charge in [0.1, 0.15) is 11.6 Å². The molecule has 7 nitrogen and oxygen atoms in total. The Morgan fingerprint density at radius 3 is 2.44 bits per heavy atom. The van der Waals surface area contributed by atoms with Gasteiger partial charge in [0.25, 0.3) is 6.01 Å². The molecule has 166 valence electrons. The number of piperidine rings is 1. The Morgan fingerprint density at radius 2 is 1.72 bits per heavy atom. The first kappa shape index (κ1) is 20.8. The molecule has 1 aromatic heterocycles. The smallest absolute Gasteiger partial charge is 0.326 e. The largest absolute Gasteiger partial charge is 0.480 e. The van der Waals surface area contributed by atoms with Gasteiger partial charge in [-0.1, -0.05) is 41.9 Å². The molecule has 3 aromatic rings. The number of nitrogens with zero attached hydrogens (tertiary/aromatic N) is 3. The van der Waals surface area contributed by atoms with Crippen LogP contribution in [0, 0.1) is 5.92 Å². The second-order valence-electron chi connectivity index (χ2n) is 8.44. The molecular weight excluding hydrogens is 430 g/mol. The summed E-state index contributed by atoms with van der Waals surface area (Å²) in [6.07, 6.45) is 2.26. The standard InChI is InChI=1S/C24H24ClN3O4/c25-17-6-2-1-5-16(17)19-9-10-20(23(30)31)28(19)22(29)15-11-13-27(14-12-15)24-26-18-7-3-4-8-21(18)32-24/h1-8,15,19-20H,9-14H2,(H,30,31)/t19?,20-/m0/s1. The molecule has 1 amide bonds. The predicted octanol–water partition coefficient (Wildman–Crippen LogP) is 4.51. The molecule has 8 heteroatoms. The van der Waals surface area contributed by atoms with Crippen LogP contribution in [0.3, 0.4) is 0 Å². The van der Waals surface area contributed by atoms with E-state index in [0.717, 1.165) is 16.7 Å². The average molecular weight is 454 g/mol. The molecule has 1 unspecified atom stereocenters. The van der Waals surface area contributed by atoms with Crippen LogP contribution in [0.15, 0.2) is 52.9 Å². The number of oxazole rings is 1. The van der Waals surface area contributed by atoms with Gasteiger partial charge in [0.05, 0.1) is 6.04 Å². The number of carboxylic acid groups (broad SMARTS) is 1. The van der Waals surface area contributed by atoms with Gasteiger partial charge in [0.15, 0.2) is 5.58 Å². The average Bonchev–Trinajstić information content (AvgIpc) is 3.44. The van der Waals surface area contributed by atoms with Crippen molar-refractivity contribution < 1.29 is 19.1 Å². The molecule has 2 aliphatic heterocycles. The molecule has 0 saturated carbocycles. The third-order valence-electron chi connectivity index (χ3n) is 6.59. The predicted molar refractivity (Wildman–Crippen MR) is 121 cm³/mol. The molecule has 3 heterocycles. The highest BCUT2D eigenvalue weighted by Crippen LogP contribution is 2.41. The first-order valence-corrected chi connectivity index (χ1v) is 11.3. The number of likely N-dealkylation sites (tertiary alicyclic amines) is 1. The van der Waals surface area contributed by atoms with Crippen LogP contribution in [-0.4, -0.2) is 46.0 Å². The zero-order chi connectivity index (χ0) is 22.2. The topological polar surface area (TPSA) is 86.9 Å². The number of rotatable bonds is 4. The van der Waals surface area contributed by atoms with E-state index in [1.807, 2.05) is 47.4 Å². The summed E-state index contributed by atoms with van der Waals surface area (Å²) in [5, 5.41) is 10.3. The first-order chi connectivity index (χ1) is 15.5. The van der Waals surface area contributed by atoms with Crippen molar-refractivity contribution in [3.8, 4) is 0 Å². The van der Waals surface area contributed by atoms with Gasteiger partial charge in [-0.3, -0.25) is 4.79 Å². The van der Waals surface area contributed by atoms with E-state index in [4.69, 9.17) is 16.0 Å². The monoisotopic (exact) mass is 453 g/mol. The van der Waals surface area contributed by atoms with E-state index in [9.17, 15) is 14.7 Å². The molecule has 2 aromatic carbocycles. The SMILES string of the molecule is O=C(O)[C@@H]1CCC(c2ccccc2Cl)N1C(=O)C1CCN(c2nc3ccccc3o2)CC1. The number of hydrogen-bond donors (Lipinski definition) is 1. The number of carbonyl (C=O) groups excluding carboxylic acids is 1.